The van der Waals surface area contributed by atoms with E-state index in [1.54, 1.807) is 32.9 Å². The van der Waals surface area contributed by atoms with E-state index in [1.807, 2.05) is 54.6 Å². The largest absolute Gasteiger partial charge is 0.443 e. The molecule has 0 spiro atoms. The Labute approximate surface area is 246 Å². The molecule has 0 aliphatic heterocycles. The van der Waals surface area contributed by atoms with Crippen LogP contribution < -0.4 is 20.9 Å². The molecule has 4 N–H and O–H groups in total. The van der Waals surface area contributed by atoms with Crippen LogP contribution in [0.4, 0.5) is 16.6 Å². The average molecular weight is 591 g/mol. The summed E-state index contributed by atoms with van der Waals surface area (Å²) in [5, 5.41) is 6.06. The number of benzene rings is 3. The number of carbonyl (C=O) groups is 1. The van der Waals surface area contributed by atoms with Crippen LogP contribution in [0.15, 0.2) is 71.6 Å². The van der Waals surface area contributed by atoms with Crippen molar-refractivity contribution >= 4 is 49.6 Å². The number of nitrogens with one attached hydrogen (secondary N) is 4. The van der Waals surface area contributed by atoms with Gasteiger partial charge in [-0.05, 0) is 93.3 Å². The molecule has 0 atom stereocenters. The molecule has 0 bridgehead atoms. The molecule has 222 valence electrons. The lowest BCUT2D eigenvalue weighted by Gasteiger charge is -2.28. The van der Waals surface area contributed by atoms with Crippen molar-refractivity contribution in [1.29, 1.82) is 0 Å². The normalized spacial score (nSPS) is 17.6. The first-order valence-electron chi connectivity index (χ1n) is 14.3. The highest BCUT2D eigenvalue weighted by Gasteiger charge is 2.24. The van der Waals surface area contributed by atoms with E-state index < -0.39 is 21.7 Å². The van der Waals surface area contributed by atoms with E-state index in [0.717, 1.165) is 47.4 Å². The van der Waals surface area contributed by atoms with Crippen molar-refractivity contribution in [3.8, 4) is 0 Å². The molecule has 1 saturated carbocycles. The zero-order chi connectivity index (χ0) is 29.7. The first-order valence-corrected chi connectivity index (χ1v) is 15.8. The first kappa shape index (κ1) is 29.5. The summed E-state index contributed by atoms with van der Waals surface area (Å²) in [6.07, 6.45) is 3.24. The van der Waals surface area contributed by atoms with Gasteiger partial charge in [0.05, 0.1) is 10.4 Å². The fourth-order valence-corrected chi connectivity index (χ4v) is 6.34. The van der Waals surface area contributed by atoms with Gasteiger partial charge in [-0.15, -0.1) is 0 Å². The number of anilines is 2. The molecule has 5 rings (SSSR count). The molecule has 1 aromatic heterocycles. The third kappa shape index (κ3) is 7.65. The molecule has 1 fully saturated rings. The summed E-state index contributed by atoms with van der Waals surface area (Å²) < 4.78 is 34.0. The number of hydrogen-bond donors (Lipinski definition) is 4. The van der Waals surface area contributed by atoms with Crippen LogP contribution in [0.1, 0.15) is 46.5 Å². The molecule has 11 heteroatoms. The lowest BCUT2D eigenvalue weighted by Crippen LogP contribution is -2.36. The number of ether oxygens (including phenoxy) is 1. The quantitative estimate of drug-likeness (QED) is 0.179. The van der Waals surface area contributed by atoms with E-state index >= 15 is 0 Å². The van der Waals surface area contributed by atoms with Crippen molar-refractivity contribution in [3.05, 3.63) is 66.7 Å². The molecule has 0 saturated heterocycles. The molecule has 10 nitrogen and oxygen atoms in total. The number of aromatic nitrogens is 2. The Bertz CT molecular complexity index is 1660. The highest BCUT2D eigenvalue weighted by atomic mass is 32.2. The highest BCUT2D eigenvalue weighted by molar-refractivity contribution is 7.89. The fourth-order valence-electron chi connectivity index (χ4n) is 5.19. The molecule has 42 heavy (non-hydrogen) atoms. The van der Waals surface area contributed by atoms with Gasteiger partial charge in [0.25, 0.3) is 0 Å². The first-order chi connectivity index (χ1) is 20.1. The zero-order valence-corrected chi connectivity index (χ0v) is 25.0. The average Bonchev–Trinajstić information content (AvgIpc) is 2.97. The molecule has 4 aromatic rings. The summed E-state index contributed by atoms with van der Waals surface area (Å²) in [7, 11) is -3.57. The Morgan fingerprint density at radius 2 is 1.55 bits per heavy atom. The number of hydrazine groups is 1. The molecule has 1 amide bonds. The highest BCUT2D eigenvalue weighted by Crippen LogP contribution is 2.29. The monoisotopic (exact) mass is 590 g/mol. The summed E-state index contributed by atoms with van der Waals surface area (Å²) in [5.41, 5.74) is 5.54. The van der Waals surface area contributed by atoms with Gasteiger partial charge in [0.2, 0.25) is 16.0 Å². The Balaban J connectivity index is 1.13. The Hall–Kier alpha value is -3.96. The Kier molecular flexibility index (Phi) is 8.79. The van der Waals surface area contributed by atoms with E-state index in [1.165, 1.54) is 0 Å². The molecular weight excluding hydrogens is 552 g/mol. The molecule has 1 aliphatic carbocycles. The minimum atomic E-state index is -3.57. The molecular formula is C31H38N6O4S. The molecule has 0 unspecified atom stereocenters. The van der Waals surface area contributed by atoms with Crippen LogP contribution in [0.25, 0.3) is 21.7 Å². The van der Waals surface area contributed by atoms with E-state index in [4.69, 9.17) is 4.74 Å². The second kappa shape index (κ2) is 12.5. The summed E-state index contributed by atoms with van der Waals surface area (Å²) in [6, 6.07) is 20.5. The summed E-state index contributed by atoms with van der Waals surface area (Å²) >= 11 is 0. The predicted octanol–water partition coefficient (Wildman–Crippen LogP) is 5.83. The number of fused-ring (bicyclic) bond motifs is 2. The Morgan fingerprint density at radius 3 is 2.29 bits per heavy atom. The third-order valence-corrected chi connectivity index (χ3v) is 8.81. The van der Waals surface area contributed by atoms with Crippen LogP contribution in [0.5, 0.6) is 0 Å². The van der Waals surface area contributed by atoms with E-state index in [9.17, 15) is 13.2 Å². The second-order valence-corrected chi connectivity index (χ2v) is 13.6. The fraction of sp³-hybridized carbons (Fsp3) is 0.387. The molecule has 1 heterocycles. The van der Waals surface area contributed by atoms with Crippen molar-refractivity contribution in [1.82, 2.24) is 20.1 Å². The van der Waals surface area contributed by atoms with Crippen molar-refractivity contribution in [2.24, 2.45) is 11.8 Å². The van der Waals surface area contributed by atoms with Gasteiger partial charge >= 0.3 is 6.09 Å². The SMILES string of the molecule is CC(C)(C)OC(=O)NNc1nc(NCC2CCC(CNS(=O)(=O)c3ccc4ccccc4c3)CC2)nc2ccccc12. The molecule has 1 aliphatic rings. The van der Waals surface area contributed by atoms with Crippen molar-refractivity contribution in [2.45, 2.75) is 57.0 Å². The van der Waals surface area contributed by atoms with Gasteiger partial charge in [-0.25, -0.2) is 28.3 Å². The van der Waals surface area contributed by atoms with Gasteiger partial charge in [-0.1, -0.05) is 42.5 Å². The number of sulfonamides is 1. The van der Waals surface area contributed by atoms with Crippen molar-refractivity contribution in [2.75, 3.05) is 23.8 Å². The molecule has 3 aromatic carbocycles. The van der Waals surface area contributed by atoms with E-state index in [0.29, 0.717) is 41.6 Å². The standard InChI is InChI=1S/C31H38N6O4S/c1-31(2,3)41-30(38)37-36-28-26-10-6-7-11-27(26)34-29(35-28)32-19-21-12-14-22(15-13-21)20-33-42(39,40)25-17-16-23-8-4-5-9-24(23)18-25/h4-11,16-18,21-22,33H,12-15,19-20H2,1-3H3,(H,37,38)(H2,32,34,35,36). The second-order valence-electron chi connectivity index (χ2n) is 11.8. The number of rotatable bonds is 9. The number of nitrogens with zero attached hydrogens (tertiary/aromatic N) is 2. The van der Waals surface area contributed by atoms with Gasteiger partial charge in [0, 0.05) is 18.5 Å². The number of amides is 1. The summed E-state index contributed by atoms with van der Waals surface area (Å²) in [5.74, 6) is 1.65. The number of hydrogen-bond acceptors (Lipinski definition) is 8. The van der Waals surface area contributed by atoms with Gasteiger partial charge < -0.3 is 10.1 Å². The zero-order valence-electron chi connectivity index (χ0n) is 24.2. The number of para-hydroxylation sites is 1. The maximum Gasteiger partial charge on any atom is 0.426 e. The minimum Gasteiger partial charge on any atom is -0.443 e. The van der Waals surface area contributed by atoms with E-state index in [2.05, 4.69) is 30.9 Å². The van der Waals surface area contributed by atoms with Crippen molar-refractivity contribution in [3.63, 3.8) is 0 Å². The predicted molar refractivity (Wildman–Crippen MR) is 166 cm³/mol. The Morgan fingerprint density at radius 1 is 0.881 bits per heavy atom. The van der Waals surface area contributed by atoms with Gasteiger partial charge in [-0.2, -0.15) is 4.98 Å². The topological polar surface area (TPSA) is 134 Å². The van der Waals surface area contributed by atoms with Crippen LogP contribution >= 0.6 is 0 Å². The summed E-state index contributed by atoms with van der Waals surface area (Å²) in [6.45, 7) is 6.53. The lowest BCUT2D eigenvalue weighted by atomic mass is 9.82. The van der Waals surface area contributed by atoms with Crippen LogP contribution in [0.2, 0.25) is 0 Å². The van der Waals surface area contributed by atoms with Crippen LogP contribution in [0, 0.1) is 11.8 Å². The lowest BCUT2D eigenvalue weighted by molar-refractivity contribution is 0.0541. The van der Waals surface area contributed by atoms with Crippen molar-refractivity contribution < 1.29 is 17.9 Å². The van der Waals surface area contributed by atoms with E-state index in [-0.39, 0.29) is 0 Å². The smallest absolute Gasteiger partial charge is 0.426 e. The van der Waals surface area contributed by atoms with Crippen LogP contribution in [0.3, 0.4) is 0 Å². The molecule has 0 radical (unpaired) electrons. The number of carbonyl (C=O) groups excluding carboxylic acids is 1. The van der Waals surface area contributed by atoms with Gasteiger partial charge in [0.1, 0.15) is 5.60 Å². The maximum absolute atomic E-state index is 12.9. The third-order valence-electron chi connectivity index (χ3n) is 7.39. The van der Waals surface area contributed by atoms with Crippen LogP contribution in [-0.4, -0.2) is 43.2 Å². The maximum atomic E-state index is 12.9. The summed E-state index contributed by atoms with van der Waals surface area (Å²) in [4.78, 5) is 21.7. The van der Waals surface area contributed by atoms with Gasteiger partial charge in [0.15, 0.2) is 5.82 Å². The van der Waals surface area contributed by atoms with Gasteiger partial charge in [-0.3, -0.25) is 5.43 Å². The van der Waals surface area contributed by atoms with Crippen LogP contribution in [-0.2, 0) is 14.8 Å². The minimum absolute atomic E-state index is 0.295.